The fraction of sp³-hybridized carbons (Fsp3) is 0.455. The van der Waals surface area contributed by atoms with Crippen molar-refractivity contribution in [2.75, 3.05) is 0 Å². The Balaban J connectivity index is 2.36. The van der Waals surface area contributed by atoms with Gasteiger partial charge in [0, 0.05) is 5.70 Å². The van der Waals surface area contributed by atoms with Crippen molar-refractivity contribution in [1.29, 1.82) is 0 Å². The highest BCUT2D eigenvalue weighted by atomic mass is 14.6. The molecule has 0 aliphatic heterocycles. The highest BCUT2D eigenvalue weighted by Crippen LogP contribution is 2.50. The molecule has 0 aromatic rings. The lowest BCUT2D eigenvalue weighted by Crippen LogP contribution is -2.05. The summed E-state index contributed by atoms with van der Waals surface area (Å²) in [6.07, 6.45) is 6.88. The topological polar surface area (TPSA) is 26.0 Å². The minimum Gasteiger partial charge on any atom is -0.399 e. The van der Waals surface area contributed by atoms with Gasteiger partial charge in [0.15, 0.2) is 0 Å². The Kier molecular flexibility index (Phi) is 1.60. The predicted molar refractivity (Wildman–Crippen MR) is 51.4 cm³/mol. The monoisotopic (exact) mass is 161 g/mol. The molecule has 0 spiro atoms. The molecule has 0 aromatic heterocycles. The highest BCUT2D eigenvalue weighted by molar-refractivity contribution is 5.47. The summed E-state index contributed by atoms with van der Waals surface area (Å²) < 4.78 is 0. The first-order valence-electron chi connectivity index (χ1n) is 4.60. The van der Waals surface area contributed by atoms with E-state index in [0.29, 0.717) is 0 Å². The predicted octanol–water partition coefficient (Wildman–Crippen LogP) is 2.37. The molecule has 0 heterocycles. The fourth-order valence-electron chi connectivity index (χ4n) is 2.12. The van der Waals surface area contributed by atoms with Crippen LogP contribution in [0, 0.1) is 11.8 Å². The zero-order valence-electron chi connectivity index (χ0n) is 7.51. The number of hydrogen-bond acceptors (Lipinski definition) is 1. The first-order valence-corrected chi connectivity index (χ1v) is 4.60. The van der Waals surface area contributed by atoms with E-state index >= 15 is 0 Å². The summed E-state index contributed by atoms with van der Waals surface area (Å²) in [5.74, 6) is 1.62. The second-order valence-corrected chi connectivity index (χ2v) is 3.68. The van der Waals surface area contributed by atoms with E-state index in [1.54, 1.807) is 0 Å². The van der Waals surface area contributed by atoms with E-state index in [2.05, 4.69) is 25.7 Å². The van der Waals surface area contributed by atoms with Crippen LogP contribution in [0.25, 0.3) is 0 Å². The van der Waals surface area contributed by atoms with Crippen molar-refractivity contribution >= 4 is 0 Å². The summed E-state index contributed by atoms with van der Waals surface area (Å²) in [4.78, 5) is 0. The van der Waals surface area contributed by atoms with Crippen LogP contribution in [0.2, 0.25) is 0 Å². The summed E-state index contributed by atoms with van der Waals surface area (Å²) in [6.45, 7) is 6.00. The molecule has 1 fully saturated rings. The molecule has 1 saturated carbocycles. The Bertz CT molecular complexity index is 283. The van der Waals surface area contributed by atoms with Crippen molar-refractivity contribution in [3.05, 3.63) is 35.6 Å². The second-order valence-electron chi connectivity index (χ2n) is 3.68. The summed E-state index contributed by atoms with van der Waals surface area (Å²) >= 11 is 0. The van der Waals surface area contributed by atoms with Crippen molar-refractivity contribution in [2.45, 2.75) is 19.8 Å². The molecule has 1 nitrogen and oxygen atoms in total. The molecule has 2 atom stereocenters. The van der Waals surface area contributed by atoms with Gasteiger partial charge >= 0.3 is 0 Å². The van der Waals surface area contributed by atoms with E-state index in [1.165, 1.54) is 17.6 Å². The Hall–Kier alpha value is -0.980. The molecule has 1 heteroatoms. The quantitative estimate of drug-likeness (QED) is 0.661. The Morgan fingerprint density at radius 2 is 2.50 bits per heavy atom. The molecule has 0 aromatic carbocycles. The third-order valence-corrected chi connectivity index (χ3v) is 2.87. The third kappa shape index (κ3) is 1.01. The van der Waals surface area contributed by atoms with Crippen LogP contribution in [-0.4, -0.2) is 0 Å². The molecule has 64 valence electrons. The molecule has 2 unspecified atom stereocenters. The molecule has 0 amide bonds. The van der Waals surface area contributed by atoms with Crippen molar-refractivity contribution < 1.29 is 0 Å². The Labute approximate surface area is 73.6 Å². The van der Waals surface area contributed by atoms with Crippen LogP contribution in [0.15, 0.2) is 35.6 Å². The number of hydrogen-bond donors (Lipinski definition) is 1. The van der Waals surface area contributed by atoms with Crippen LogP contribution >= 0.6 is 0 Å². The first kappa shape index (κ1) is 7.66. The van der Waals surface area contributed by atoms with Gasteiger partial charge in [-0.1, -0.05) is 31.2 Å². The van der Waals surface area contributed by atoms with Gasteiger partial charge in [-0.15, -0.1) is 0 Å². The average Bonchev–Trinajstić information content (AvgIpc) is 2.79. The van der Waals surface area contributed by atoms with Gasteiger partial charge in [0.1, 0.15) is 0 Å². The maximum atomic E-state index is 5.71. The maximum Gasteiger partial charge on any atom is 0.0314 e. The van der Waals surface area contributed by atoms with E-state index in [0.717, 1.165) is 24.0 Å². The van der Waals surface area contributed by atoms with Gasteiger partial charge in [-0.05, 0) is 30.3 Å². The Morgan fingerprint density at radius 1 is 1.75 bits per heavy atom. The van der Waals surface area contributed by atoms with Gasteiger partial charge in [-0.2, -0.15) is 0 Å². The normalized spacial score (nSPS) is 31.8. The molecule has 12 heavy (non-hydrogen) atoms. The van der Waals surface area contributed by atoms with Crippen LogP contribution in [-0.2, 0) is 0 Å². The molecule has 2 aliphatic carbocycles. The molecule has 0 bridgehead atoms. The first-order chi connectivity index (χ1) is 5.74. The molecular formula is C11H15N. The SMILES string of the molecule is C=C(N)C1=C(CC)C2CC2C=C1. The van der Waals surface area contributed by atoms with Gasteiger partial charge in [0.05, 0.1) is 0 Å². The van der Waals surface area contributed by atoms with Gasteiger partial charge in [-0.25, -0.2) is 0 Å². The molecule has 2 rings (SSSR count). The van der Waals surface area contributed by atoms with Crippen LogP contribution in [0.1, 0.15) is 19.8 Å². The van der Waals surface area contributed by atoms with E-state index in [-0.39, 0.29) is 0 Å². The van der Waals surface area contributed by atoms with Gasteiger partial charge in [0.2, 0.25) is 0 Å². The highest BCUT2D eigenvalue weighted by Gasteiger charge is 2.40. The van der Waals surface area contributed by atoms with Crippen LogP contribution in [0.5, 0.6) is 0 Å². The van der Waals surface area contributed by atoms with E-state index in [1.807, 2.05) is 0 Å². The van der Waals surface area contributed by atoms with Crippen LogP contribution in [0.3, 0.4) is 0 Å². The second kappa shape index (κ2) is 2.51. The standard InChI is InChI=1S/C11H15N/c1-3-9-10(7(2)12)5-4-8-6-11(8)9/h4-5,8,11H,2-3,6,12H2,1H3. The van der Waals surface area contributed by atoms with Crippen molar-refractivity contribution in [3.8, 4) is 0 Å². The summed E-state index contributed by atoms with van der Waals surface area (Å²) in [6, 6.07) is 0. The largest absolute Gasteiger partial charge is 0.399 e. The number of nitrogens with two attached hydrogens (primary N) is 1. The number of allylic oxidation sites excluding steroid dienone is 3. The minimum absolute atomic E-state index is 0.730. The van der Waals surface area contributed by atoms with Gasteiger partial charge in [0.25, 0.3) is 0 Å². The molecule has 2 aliphatic rings. The van der Waals surface area contributed by atoms with Crippen LogP contribution in [0.4, 0.5) is 0 Å². The summed E-state index contributed by atoms with van der Waals surface area (Å²) in [7, 11) is 0. The zero-order valence-corrected chi connectivity index (χ0v) is 7.51. The zero-order chi connectivity index (χ0) is 8.72. The number of rotatable bonds is 2. The molecular weight excluding hydrogens is 146 g/mol. The van der Waals surface area contributed by atoms with Crippen molar-refractivity contribution in [1.82, 2.24) is 0 Å². The smallest absolute Gasteiger partial charge is 0.0314 e. The van der Waals surface area contributed by atoms with E-state index in [9.17, 15) is 0 Å². The lowest BCUT2D eigenvalue weighted by molar-refractivity contribution is 0.834. The maximum absolute atomic E-state index is 5.71. The number of fused-ring (bicyclic) bond motifs is 1. The minimum atomic E-state index is 0.730. The fourth-order valence-corrected chi connectivity index (χ4v) is 2.12. The average molecular weight is 161 g/mol. The third-order valence-electron chi connectivity index (χ3n) is 2.87. The lowest BCUT2D eigenvalue weighted by Gasteiger charge is -2.13. The van der Waals surface area contributed by atoms with E-state index in [4.69, 9.17) is 5.73 Å². The van der Waals surface area contributed by atoms with Crippen molar-refractivity contribution in [3.63, 3.8) is 0 Å². The summed E-state index contributed by atoms with van der Waals surface area (Å²) in [5.41, 5.74) is 9.17. The van der Waals surface area contributed by atoms with Crippen molar-refractivity contribution in [2.24, 2.45) is 17.6 Å². The molecule has 2 N–H and O–H groups in total. The van der Waals surface area contributed by atoms with Gasteiger partial charge < -0.3 is 5.73 Å². The molecule has 0 saturated heterocycles. The van der Waals surface area contributed by atoms with Crippen LogP contribution < -0.4 is 5.73 Å². The Morgan fingerprint density at radius 3 is 3.08 bits per heavy atom. The molecule has 0 radical (unpaired) electrons. The lowest BCUT2D eigenvalue weighted by atomic mass is 9.94. The van der Waals surface area contributed by atoms with E-state index < -0.39 is 0 Å². The summed E-state index contributed by atoms with van der Waals surface area (Å²) in [5, 5.41) is 0. The van der Waals surface area contributed by atoms with Gasteiger partial charge in [-0.3, -0.25) is 0 Å².